The lowest BCUT2D eigenvalue weighted by Crippen LogP contribution is -2.26. The predicted octanol–water partition coefficient (Wildman–Crippen LogP) is 2.13. The van der Waals surface area contributed by atoms with Crippen molar-refractivity contribution < 1.29 is 18.9 Å². The van der Waals surface area contributed by atoms with E-state index < -0.39 is 0 Å². The molecule has 0 fully saturated rings. The van der Waals surface area contributed by atoms with Crippen LogP contribution in [0.4, 0.5) is 0 Å². The molecule has 4 nitrogen and oxygen atoms in total. The minimum atomic E-state index is -0.321. The third-order valence-electron chi connectivity index (χ3n) is 1.57. The number of hydrogen-bond acceptors (Lipinski definition) is 4. The van der Waals surface area contributed by atoms with Gasteiger partial charge in [0.2, 0.25) is 0 Å². The molecule has 0 amide bonds. The first-order valence-corrected chi connectivity index (χ1v) is 5.14. The fraction of sp³-hybridized carbons (Fsp3) is 1.00. The van der Waals surface area contributed by atoms with Crippen molar-refractivity contribution in [1.29, 1.82) is 0 Å². The molecular weight excluding hydrogens is 184 g/mol. The van der Waals surface area contributed by atoms with Crippen molar-refractivity contribution in [1.82, 2.24) is 0 Å². The molecule has 0 radical (unpaired) electrons. The van der Waals surface area contributed by atoms with Crippen LogP contribution < -0.4 is 0 Å². The summed E-state index contributed by atoms with van der Waals surface area (Å²) < 4.78 is 21.2. The van der Waals surface area contributed by atoms with Crippen LogP contribution >= 0.6 is 0 Å². The summed E-state index contributed by atoms with van der Waals surface area (Å²) in [5.74, 6) is 0. The van der Waals surface area contributed by atoms with Crippen molar-refractivity contribution in [2.24, 2.45) is 0 Å². The molecule has 2 unspecified atom stereocenters. The van der Waals surface area contributed by atoms with E-state index in [1.54, 1.807) is 0 Å². The maximum absolute atomic E-state index is 5.38. The Morgan fingerprint density at radius 1 is 0.714 bits per heavy atom. The Morgan fingerprint density at radius 2 is 1.07 bits per heavy atom. The molecule has 0 bridgehead atoms. The van der Waals surface area contributed by atoms with Crippen molar-refractivity contribution in [2.75, 3.05) is 13.2 Å². The molecule has 0 N–H and O–H groups in total. The van der Waals surface area contributed by atoms with Gasteiger partial charge in [-0.25, -0.2) is 0 Å². The van der Waals surface area contributed by atoms with E-state index in [-0.39, 0.29) is 18.9 Å². The van der Waals surface area contributed by atoms with Crippen molar-refractivity contribution in [3.05, 3.63) is 0 Å². The van der Waals surface area contributed by atoms with Crippen LogP contribution in [-0.2, 0) is 18.9 Å². The van der Waals surface area contributed by atoms with Crippen LogP contribution in [0, 0.1) is 0 Å². The molecule has 0 saturated carbocycles. The Balaban J connectivity index is 3.57. The van der Waals surface area contributed by atoms with Crippen LogP contribution in [-0.4, -0.2) is 32.1 Å². The van der Waals surface area contributed by atoms with E-state index in [0.717, 1.165) is 0 Å². The highest BCUT2D eigenvalue weighted by Crippen LogP contribution is 2.05. The van der Waals surface area contributed by atoms with Crippen LogP contribution in [0.25, 0.3) is 0 Å². The van der Waals surface area contributed by atoms with E-state index in [1.165, 1.54) is 0 Å². The smallest absolute Gasteiger partial charge is 0.161 e. The fourth-order valence-corrected chi connectivity index (χ4v) is 1.12. The first-order valence-electron chi connectivity index (χ1n) is 5.14. The third-order valence-corrected chi connectivity index (χ3v) is 1.57. The Labute approximate surface area is 86.5 Å². The summed E-state index contributed by atoms with van der Waals surface area (Å²) in [5, 5.41) is 0. The quantitative estimate of drug-likeness (QED) is 0.570. The van der Waals surface area contributed by atoms with Gasteiger partial charge in [0.1, 0.15) is 0 Å². The van der Waals surface area contributed by atoms with Gasteiger partial charge in [0, 0.05) is 13.2 Å². The van der Waals surface area contributed by atoms with E-state index in [9.17, 15) is 0 Å². The average molecular weight is 206 g/mol. The Morgan fingerprint density at radius 3 is 1.36 bits per heavy atom. The van der Waals surface area contributed by atoms with Crippen molar-refractivity contribution in [2.45, 2.75) is 53.5 Å². The SMILES string of the molecule is CCOC(C)OC(C)OC(C)OCC. The molecule has 0 saturated heterocycles. The highest BCUT2D eigenvalue weighted by molar-refractivity contribution is 4.38. The van der Waals surface area contributed by atoms with Gasteiger partial charge < -0.3 is 18.9 Å². The summed E-state index contributed by atoms with van der Waals surface area (Å²) in [6.07, 6.45) is -0.814. The van der Waals surface area contributed by atoms with Gasteiger partial charge in [0.25, 0.3) is 0 Å². The van der Waals surface area contributed by atoms with Gasteiger partial charge in [-0.05, 0) is 34.6 Å². The summed E-state index contributed by atoms with van der Waals surface area (Å²) in [7, 11) is 0. The second kappa shape index (κ2) is 8.17. The topological polar surface area (TPSA) is 36.9 Å². The first kappa shape index (κ1) is 13.8. The summed E-state index contributed by atoms with van der Waals surface area (Å²) in [5.41, 5.74) is 0. The van der Waals surface area contributed by atoms with Crippen LogP contribution in [0.15, 0.2) is 0 Å². The van der Waals surface area contributed by atoms with Gasteiger partial charge in [-0.2, -0.15) is 0 Å². The minimum Gasteiger partial charge on any atom is -0.353 e. The predicted molar refractivity (Wildman–Crippen MR) is 53.8 cm³/mol. The number of rotatable bonds is 8. The molecule has 0 rings (SSSR count). The average Bonchev–Trinajstić information content (AvgIpc) is 2.03. The zero-order valence-corrected chi connectivity index (χ0v) is 9.78. The molecule has 86 valence electrons. The van der Waals surface area contributed by atoms with Gasteiger partial charge in [-0.3, -0.25) is 0 Å². The van der Waals surface area contributed by atoms with Crippen LogP contribution in [0.3, 0.4) is 0 Å². The number of hydrogen-bond donors (Lipinski definition) is 0. The van der Waals surface area contributed by atoms with Crippen molar-refractivity contribution in [3.8, 4) is 0 Å². The molecule has 0 aromatic carbocycles. The zero-order chi connectivity index (χ0) is 11.0. The second-order valence-corrected chi connectivity index (χ2v) is 2.89. The molecule has 2 atom stereocenters. The molecule has 14 heavy (non-hydrogen) atoms. The summed E-state index contributed by atoms with van der Waals surface area (Å²) in [6.45, 7) is 10.6. The molecule has 0 aliphatic heterocycles. The lowest BCUT2D eigenvalue weighted by atomic mass is 10.6. The van der Waals surface area contributed by atoms with Gasteiger partial charge in [0.15, 0.2) is 18.9 Å². The van der Waals surface area contributed by atoms with Gasteiger partial charge in [-0.15, -0.1) is 0 Å². The molecule has 0 heterocycles. The third kappa shape index (κ3) is 7.26. The highest BCUT2D eigenvalue weighted by atomic mass is 16.8. The molecular formula is C10H22O4. The lowest BCUT2D eigenvalue weighted by Gasteiger charge is -2.22. The molecule has 0 aromatic rings. The van der Waals surface area contributed by atoms with Crippen LogP contribution in [0.1, 0.15) is 34.6 Å². The highest BCUT2D eigenvalue weighted by Gasteiger charge is 2.11. The summed E-state index contributed by atoms with van der Waals surface area (Å²) >= 11 is 0. The molecule has 0 aliphatic rings. The van der Waals surface area contributed by atoms with Crippen LogP contribution in [0.2, 0.25) is 0 Å². The van der Waals surface area contributed by atoms with E-state index in [1.807, 2.05) is 34.6 Å². The molecule has 0 aromatic heterocycles. The van der Waals surface area contributed by atoms with E-state index in [0.29, 0.717) is 13.2 Å². The lowest BCUT2D eigenvalue weighted by molar-refractivity contribution is -0.278. The first-order chi connectivity index (χ1) is 6.60. The Kier molecular flexibility index (Phi) is 8.08. The Hall–Kier alpha value is -0.160. The van der Waals surface area contributed by atoms with Crippen molar-refractivity contribution >= 4 is 0 Å². The van der Waals surface area contributed by atoms with Gasteiger partial charge >= 0.3 is 0 Å². The maximum atomic E-state index is 5.38. The Bertz CT molecular complexity index is 115. The van der Waals surface area contributed by atoms with Gasteiger partial charge in [-0.1, -0.05) is 0 Å². The standard InChI is InChI=1S/C10H22O4/c1-6-11-8(3)13-10(5)14-9(4)12-7-2/h8-10H,6-7H2,1-5H3. The summed E-state index contributed by atoms with van der Waals surface area (Å²) in [4.78, 5) is 0. The fourth-order valence-electron chi connectivity index (χ4n) is 1.12. The minimum absolute atomic E-state index is 0.246. The zero-order valence-electron chi connectivity index (χ0n) is 9.78. The maximum Gasteiger partial charge on any atom is 0.161 e. The number of ether oxygens (including phenoxy) is 4. The normalized spacial score (nSPS) is 17.8. The van der Waals surface area contributed by atoms with E-state index in [2.05, 4.69) is 0 Å². The van der Waals surface area contributed by atoms with E-state index >= 15 is 0 Å². The van der Waals surface area contributed by atoms with Gasteiger partial charge in [0.05, 0.1) is 0 Å². The van der Waals surface area contributed by atoms with Crippen molar-refractivity contribution in [3.63, 3.8) is 0 Å². The molecule has 0 spiro atoms. The largest absolute Gasteiger partial charge is 0.353 e. The molecule has 4 heteroatoms. The van der Waals surface area contributed by atoms with Crippen LogP contribution in [0.5, 0.6) is 0 Å². The summed E-state index contributed by atoms with van der Waals surface area (Å²) in [6, 6.07) is 0. The molecule has 0 aliphatic carbocycles. The van der Waals surface area contributed by atoms with E-state index in [4.69, 9.17) is 18.9 Å². The monoisotopic (exact) mass is 206 g/mol. The second-order valence-electron chi connectivity index (χ2n) is 2.89.